The van der Waals surface area contributed by atoms with Gasteiger partial charge in [0.1, 0.15) is 28.4 Å². The van der Waals surface area contributed by atoms with E-state index in [1.807, 2.05) is 0 Å². The number of carbonyl (C=O) groups is 3. The molecule has 5 atom stereocenters. The normalized spacial score (nSPS) is 32.0. The number of Topliss-reactive ketones (excluding diaryl/α,β-unsaturated/α-hetero) is 2. The molecule has 170 valence electrons. The highest BCUT2D eigenvalue weighted by atomic mass is 16.3. The molecule has 4 rings (SSSR count). The van der Waals surface area contributed by atoms with Gasteiger partial charge < -0.3 is 31.5 Å². The fourth-order valence-corrected chi connectivity index (χ4v) is 5.64. The minimum Gasteiger partial charge on any atom is -0.509 e. The number of fused-ring (bicyclic) bond motifs is 3. The number of rotatable bonds is 3. The number of nitrogens with one attached hydrogen (secondary N) is 1. The third kappa shape index (κ3) is 2.54. The zero-order valence-electron chi connectivity index (χ0n) is 17.8. The van der Waals surface area contributed by atoms with Crippen LogP contribution in [0, 0.1) is 11.8 Å². The van der Waals surface area contributed by atoms with Crippen molar-refractivity contribution in [2.45, 2.75) is 24.1 Å². The molecule has 32 heavy (non-hydrogen) atoms. The molecule has 3 aliphatic rings. The Balaban J connectivity index is 2.05. The van der Waals surface area contributed by atoms with Gasteiger partial charge in [0.15, 0.2) is 11.6 Å². The predicted octanol–water partition coefficient (Wildman–Crippen LogP) is -0.318. The van der Waals surface area contributed by atoms with Crippen LogP contribution in [-0.2, 0) is 14.4 Å². The lowest BCUT2D eigenvalue weighted by Gasteiger charge is -2.53. The molecule has 0 aliphatic heterocycles. The van der Waals surface area contributed by atoms with Gasteiger partial charge in [-0.1, -0.05) is 12.1 Å². The van der Waals surface area contributed by atoms with Crippen LogP contribution < -0.4 is 11.1 Å². The van der Waals surface area contributed by atoms with E-state index in [9.17, 15) is 34.8 Å². The lowest BCUT2D eigenvalue weighted by atomic mass is 9.55. The van der Waals surface area contributed by atoms with Crippen LogP contribution in [0.4, 0.5) is 0 Å². The van der Waals surface area contributed by atoms with E-state index in [4.69, 9.17) is 5.73 Å². The van der Waals surface area contributed by atoms with Crippen molar-refractivity contribution in [2.75, 3.05) is 21.1 Å². The van der Waals surface area contributed by atoms with Crippen molar-refractivity contribution in [3.05, 3.63) is 46.2 Å². The van der Waals surface area contributed by atoms with Crippen molar-refractivity contribution >= 4 is 23.2 Å². The molecule has 1 amide bonds. The molecule has 1 saturated carbocycles. The molecule has 1 aromatic rings. The Morgan fingerprint density at radius 1 is 1.22 bits per heavy atom. The molecule has 0 heterocycles. The van der Waals surface area contributed by atoms with Gasteiger partial charge >= 0.3 is 0 Å². The first-order chi connectivity index (χ1) is 15.0. The molecule has 0 radical (unpaired) electrons. The standard InChI is InChI=1S/C22H25N3O7/c1-24-22-10(15(25(2)3)18(29)14(20(22)31)21(23)32)7-9-13(19(22)30)17(28)12-8(16(9)27)5-4-6-11(12)26/h4-6,9-10,15-16,24,26-28,31H,7H2,1-3H3,(H2,23,32). The molecular weight excluding hydrogens is 418 g/mol. The lowest BCUT2D eigenvalue weighted by Crippen LogP contribution is -2.70. The SMILES string of the molecule is CNC12C(=O)C3=C(O)c4c(O)cccc4C(O)C3CC1C(N(C)C)C(=O)C(C(N)=O)=C2O. The third-order valence-electron chi connectivity index (χ3n) is 7.01. The minimum atomic E-state index is -1.94. The lowest BCUT2D eigenvalue weighted by molar-refractivity contribution is -0.137. The van der Waals surface area contributed by atoms with Gasteiger partial charge in [0, 0.05) is 17.4 Å². The quantitative estimate of drug-likeness (QED) is 0.342. The fourth-order valence-electron chi connectivity index (χ4n) is 5.64. The van der Waals surface area contributed by atoms with Gasteiger partial charge in [-0.3, -0.25) is 19.3 Å². The van der Waals surface area contributed by atoms with Crippen LogP contribution in [0.15, 0.2) is 35.1 Å². The number of nitrogens with two attached hydrogens (primary N) is 1. The van der Waals surface area contributed by atoms with Crippen LogP contribution in [0.1, 0.15) is 23.7 Å². The smallest absolute Gasteiger partial charge is 0.255 e. The Morgan fingerprint density at radius 2 is 1.88 bits per heavy atom. The maximum atomic E-state index is 13.9. The molecule has 10 heteroatoms. The van der Waals surface area contributed by atoms with E-state index in [2.05, 4.69) is 5.32 Å². The summed E-state index contributed by atoms with van der Waals surface area (Å²) < 4.78 is 0. The van der Waals surface area contributed by atoms with Crippen LogP contribution in [0.5, 0.6) is 5.75 Å². The van der Waals surface area contributed by atoms with Gasteiger partial charge in [-0.05, 0) is 39.2 Å². The van der Waals surface area contributed by atoms with Crippen molar-refractivity contribution in [1.29, 1.82) is 0 Å². The fraction of sp³-hybridized carbons (Fsp3) is 0.409. The summed E-state index contributed by atoms with van der Waals surface area (Å²) in [7, 11) is 4.59. The summed E-state index contributed by atoms with van der Waals surface area (Å²) in [6, 6.07) is 3.36. The second-order valence-electron chi connectivity index (χ2n) is 8.64. The zero-order valence-corrected chi connectivity index (χ0v) is 17.8. The summed E-state index contributed by atoms with van der Waals surface area (Å²) >= 11 is 0. The number of phenols is 1. The number of aromatic hydroxyl groups is 1. The number of carbonyl (C=O) groups excluding carboxylic acids is 3. The van der Waals surface area contributed by atoms with E-state index in [1.54, 1.807) is 14.1 Å². The monoisotopic (exact) mass is 443 g/mol. The molecule has 7 N–H and O–H groups in total. The van der Waals surface area contributed by atoms with Crippen LogP contribution in [0.2, 0.25) is 0 Å². The van der Waals surface area contributed by atoms with Crippen LogP contribution in [0.3, 0.4) is 0 Å². The van der Waals surface area contributed by atoms with E-state index in [-0.39, 0.29) is 28.9 Å². The highest BCUT2D eigenvalue weighted by Crippen LogP contribution is 2.55. The highest BCUT2D eigenvalue weighted by Gasteiger charge is 2.65. The van der Waals surface area contributed by atoms with E-state index < -0.39 is 64.1 Å². The van der Waals surface area contributed by atoms with E-state index in [0.29, 0.717) is 0 Å². The molecule has 0 bridgehead atoms. The first kappa shape index (κ1) is 22.0. The van der Waals surface area contributed by atoms with Gasteiger partial charge in [-0.15, -0.1) is 0 Å². The van der Waals surface area contributed by atoms with E-state index in [0.717, 1.165) is 0 Å². The highest BCUT2D eigenvalue weighted by molar-refractivity contribution is 6.24. The second kappa shape index (κ2) is 7.16. The minimum absolute atomic E-state index is 0.0208. The number of hydrogen-bond donors (Lipinski definition) is 6. The number of amides is 1. The maximum Gasteiger partial charge on any atom is 0.255 e. The summed E-state index contributed by atoms with van der Waals surface area (Å²) in [5.74, 6) is -6.12. The van der Waals surface area contributed by atoms with Crippen LogP contribution in [-0.4, -0.2) is 75.5 Å². The predicted molar refractivity (Wildman–Crippen MR) is 112 cm³/mol. The van der Waals surface area contributed by atoms with Crippen molar-refractivity contribution in [3.63, 3.8) is 0 Å². The summed E-state index contributed by atoms with van der Waals surface area (Å²) in [6.07, 6.45) is -1.23. The molecule has 0 spiro atoms. The first-order valence-electron chi connectivity index (χ1n) is 10.1. The number of primary amides is 1. The van der Waals surface area contributed by atoms with Gasteiger partial charge in [-0.25, -0.2) is 0 Å². The average molecular weight is 443 g/mol. The van der Waals surface area contributed by atoms with Crippen LogP contribution in [0.25, 0.3) is 5.76 Å². The molecular formula is C22H25N3O7. The Hall–Kier alpha value is -3.21. The third-order valence-corrected chi connectivity index (χ3v) is 7.01. The van der Waals surface area contributed by atoms with Gasteiger partial charge in [-0.2, -0.15) is 0 Å². The summed E-state index contributed by atoms with van der Waals surface area (Å²) in [6.45, 7) is 0. The van der Waals surface area contributed by atoms with Crippen molar-refractivity contribution in [2.24, 2.45) is 17.6 Å². The Labute approximate surface area is 183 Å². The van der Waals surface area contributed by atoms with Gasteiger partial charge in [0.2, 0.25) is 0 Å². The first-order valence-corrected chi connectivity index (χ1v) is 10.1. The summed E-state index contributed by atoms with van der Waals surface area (Å²) in [5.41, 5.74) is 2.76. The number of aliphatic hydroxyl groups is 3. The summed E-state index contributed by atoms with van der Waals surface area (Å²) in [5, 5.41) is 46.2. The zero-order chi connectivity index (χ0) is 23.7. The average Bonchev–Trinajstić information content (AvgIpc) is 2.71. The van der Waals surface area contributed by atoms with Crippen molar-refractivity contribution in [3.8, 4) is 5.75 Å². The molecule has 5 unspecified atom stereocenters. The van der Waals surface area contributed by atoms with Gasteiger partial charge in [0.25, 0.3) is 5.91 Å². The molecule has 10 nitrogen and oxygen atoms in total. The number of aliphatic hydroxyl groups excluding tert-OH is 3. The van der Waals surface area contributed by atoms with Gasteiger partial charge in [0.05, 0.1) is 17.7 Å². The maximum absolute atomic E-state index is 13.9. The number of hydrogen-bond acceptors (Lipinski definition) is 9. The van der Waals surface area contributed by atoms with Crippen molar-refractivity contribution < 1.29 is 34.8 Å². The number of phenolic OH excluding ortho intramolecular Hbond substituents is 1. The van der Waals surface area contributed by atoms with E-state index >= 15 is 0 Å². The summed E-state index contributed by atoms with van der Waals surface area (Å²) in [4.78, 5) is 40.7. The number of ketones is 2. The molecule has 1 aromatic carbocycles. The number of nitrogens with zero attached hydrogens (tertiary/aromatic N) is 1. The number of likely N-dealkylation sites (N-methyl/N-ethyl adjacent to an activating group) is 2. The number of benzene rings is 1. The molecule has 1 fully saturated rings. The van der Waals surface area contributed by atoms with E-state index in [1.165, 1.54) is 30.1 Å². The Bertz CT molecular complexity index is 1120. The van der Waals surface area contributed by atoms with Crippen LogP contribution >= 0.6 is 0 Å². The largest absolute Gasteiger partial charge is 0.509 e. The molecule has 0 saturated heterocycles. The Kier molecular flexibility index (Phi) is 4.92. The Morgan fingerprint density at radius 3 is 2.44 bits per heavy atom. The molecule has 3 aliphatic carbocycles. The second-order valence-corrected chi connectivity index (χ2v) is 8.64. The molecule has 0 aromatic heterocycles. The topological polar surface area (TPSA) is 173 Å². The van der Waals surface area contributed by atoms with Crippen molar-refractivity contribution in [1.82, 2.24) is 10.2 Å².